The van der Waals surface area contributed by atoms with Gasteiger partial charge in [0.2, 0.25) is 0 Å². The van der Waals surface area contributed by atoms with E-state index in [1.54, 1.807) is 34.6 Å². The van der Waals surface area contributed by atoms with Crippen molar-refractivity contribution in [1.29, 1.82) is 0 Å². The fraction of sp³-hybridized carbons (Fsp3) is 0.800. The molecule has 3 amide bonds. The van der Waals surface area contributed by atoms with E-state index in [4.69, 9.17) is 19.6 Å². The average molecular weight is 489 g/mol. The van der Waals surface area contributed by atoms with Crippen LogP contribution in [0.5, 0.6) is 0 Å². The fourth-order valence-corrected chi connectivity index (χ4v) is 4.97. The highest BCUT2D eigenvalue weighted by molar-refractivity contribution is 7.84. The summed E-state index contributed by atoms with van der Waals surface area (Å²) in [6, 6.07) is -3.18. The number of hydrogen-bond donors (Lipinski definition) is 4. The predicted molar refractivity (Wildman–Crippen MR) is 106 cm³/mol. The number of rotatable bonds is 5. The standard InChI is InChI=1S/C10H18N2O6S.C5H10N2O4S/c1-5-6-7(8(13)12(6)19(15,16)17)11-9(14)18-10(2,3)4;1-2-3-4(6)5(8)7(3)12(9,10)11/h6-7H,5H2,1-4H3,(H,11,14)(H,15,16,17);3-4H,2,6H2,1H3,(H,9,10,11)/t6-,7-;3-,4-/m00/s1. The minimum absolute atomic E-state index is 0.270. The molecule has 2 aliphatic heterocycles. The molecule has 31 heavy (non-hydrogen) atoms. The molecule has 4 atom stereocenters. The lowest BCUT2D eigenvalue weighted by molar-refractivity contribution is -0.143. The van der Waals surface area contributed by atoms with Crippen LogP contribution in [0, 0.1) is 0 Å². The van der Waals surface area contributed by atoms with Crippen molar-refractivity contribution in [3.8, 4) is 0 Å². The van der Waals surface area contributed by atoms with E-state index < -0.39 is 68.3 Å². The van der Waals surface area contributed by atoms with E-state index in [1.807, 2.05) is 0 Å². The normalized spacial score (nSPS) is 26.3. The molecule has 5 N–H and O–H groups in total. The molecule has 2 aliphatic rings. The van der Waals surface area contributed by atoms with Gasteiger partial charge >= 0.3 is 26.7 Å². The Morgan fingerprint density at radius 3 is 1.74 bits per heavy atom. The minimum atomic E-state index is -4.59. The molecule has 2 fully saturated rings. The third-order valence-electron chi connectivity index (χ3n) is 4.39. The summed E-state index contributed by atoms with van der Waals surface area (Å²) in [7, 11) is -8.99. The van der Waals surface area contributed by atoms with Crippen molar-refractivity contribution in [3.63, 3.8) is 0 Å². The molecule has 0 aromatic rings. The maximum Gasteiger partial charge on any atom is 0.408 e. The third-order valence-corrected chi connectivity index (χ3v) is 6.29. The van der Waals surface area contributed by atoms with Crippen molar-refractivity contribution in [2.45, 2.75) is 77.2 Å². The second-order valence-corrected chi connectivity index (χ2v) is 10.4. The fourth-order valence-electron chi connectivity index (χ4n) is 3.04. The van der Waals surface area contributed by atoms with Crippen molar-refractivity contribution in [3.05, 3.63) is 0 Å². The van der Waals surface area contributed by atoms with Gasteiger partial charge in [-0.2, -0.15) is 16.8 Å². The molecule has 0 aliphatic carbocycles. The van der Waals surface area contributed by atoms with Crippen LogP contribution in [0.1, 0.15) is 47.5 Å². The Morgan fingerprint density at radius 1 is 1.00 bits per heavy atom. The minimum Gasteiger partial charge on any atom is -0.444 e. The monoisotopic (exact) mass is 488 g/mol. The van der Waals surface area contributed by atoms with Crippen LogP contribution >= 0.6 is 0 Å². The molecule has 0 saturated carbocycles. The lowest BCUT2D eigenvalue weighted by Gasteiger charge is -2.43. The van der Waals surface area contributed by atoms with Crippen molar-refractivity contribution in [2.75, 3.05) is 0 Å². The molecule has 0 radical (unpaired) electrons. The summed E-state index contributed by atoms with van der Waals surface area (Å²) in [6.07, 6.45) is -0.127. The number of carbonyl (C=O) groups is 3. The van der Waals surface area contributed by atoms with Crippen LogP contribution in [0.15, 0.2) is 0 Å². The number of nitrogens with one attached hydrogen (secondary N) is 1. The second-order valence-electron chi connectivity index (χ2n) is 7.82. The summed E-state index contributed by atoms with van der Waals surface area (Å²) in [5.74, 6) is -1.62. The van der Waals surface area contributed by atoms with Gasteiger partial charge in [0.05, 0.1) is 12.1 Å². The number of β-lactam (4-membered cyclic amide) rings is 2. The Morgan fingerprint density at radius 2 is 1.42 bits per heavy atom. The van der Waals surface area contributed by atoms with Gasteiger partial charge in [0.15, 0.2) is 0 Å². The summed E-state index contributed by atoms with van der Waals surface area (Å²) >= 11 is 0. The van der Waals surface area contributed by atoms with Crippen molar-refractivity contribution in [2.24, 2.45) is 5.73 Å². The van der Waals surface area contributed by atoms with E-state index >= 15 is 0 Å². The molecule has 0 spiro atoms. The van der Waals surface area contributed by atoms with Crippen molar-refractivity contribution >= 4 is 38.5 Å². The first-order valence-electron chi connectivity index (χ1n) is 9.23. The van der Waals surface area contributed by atoms with Crippen LogP contribution in [0.2, 0.25) is 0 Å². The summed E-state index contributed by atoms with van der Waals surface area (Å²) in [6.45, 7) is 8.32. The van der Waals surface area contributed by atoms with Gasteiger partial charge in [-0.15, -0.1) is 0 Å². The molecule has 16 heteroatoms. The van der Waals surface area contributed by atoms with Crippen LogP contribution in [0.3, 0.4) is 0 Å². The average Bonchev–Trinajstić information content (AvgIpc) is 2.57. The first-order valence-corrected chi connectivity index (χ1v) is 12.0. The Labute approximate surface area is 180 Å². The van der Waals surface area contributed by atoms with Gasteiger partial charge in [0, 0.05) is 0 Å². The zero-order valence-electron chi connectivity index (χ0n) is 17.7. The van der Waals surface area contributed by atoms with Crippen LogP contribution in [-0.4, -0.2) is 82.2 Å². The Kier molecular flexibility index (Phi) is 8.05. The zero-order chi connectivity index (χ0) is 24.5. The molecule has 0 unspecified atom stereocenters. The SMILES string of the molecule is CC[C@H]1[C@H](N)C(=O)N1S(=O)(=O)O.CC[C@H]1[C@H](NC(=O)OC(C)(C)C)C(=O)N1S(=O)(=O)O. The molecule has 2 saturated heterocycles. The molecule has 2 rings (SSSR count). The Bertz CT molecular complexity index is 928. The number of alkyl carbamates (subject to hydrolysis) is 1. The van der Waals surface area contributed by atoms with E-state index in [-0.39, 0.29) is 6.42 Å². The number of hydrogen-bond acceptors (Lipinski definition) is 9. The molecular formula is C15H28N4O10S2. The lowest BCUT2D eigenvalue weighted by Crippen LogP contribution is -2.71. The third kappa shape index (κ3) is 6.25. The van der Waals surface area contributed by atoms with Gasteiger partial charge in [-0.25, -0.2) is 13.4 Å². The number of amides is 3. The number of nitrogens with two attached hydrogens (primary N) is 1. The van der Waals surface area contributed by atoms with Gasteiger partial charge in [-0.3, -0.25) is 18.7 Å². The van der Waals surface area contributed by atoms with E-state index in [1.165, 1.54) is 0 Å². The first-order chi connectivity index (χ1) is 13.9. The van der Waals surface area contributed by atoms with E-state index in [9.17, 15) is 31.2 Å². The van der Waals surface area contributed by atoms with Crippen molar-refractivity contribution in [1.82, 2.24) is 13.9 Å². The molecular weight excluding hydrogens is 460 g/mol. The van der Waals surface area contributed by atoms with Gasteiger partial charge in [0.1, 0.15) is 17.7 Å². The number of ether oxygens (including phenoxy) is 1. The Balaban J connectivity index is 0.000000343. The quantitative estimate of drug-likeness (QED) is 0.273. The highest BCUT2D eigenvalue weighted by Crippen LogP contribution is 2.26. The van der Waals surface area contributed by atoms with Crippen LogP contribution < -0.4 is 11.1 Å². The molecule has 0 bridgehead atoms. The smallest absolute Gasteiger partial charge is 0.408 e. The van der Waals surface area contributed by atoms with Crippen LogP contribution in [-0.2, 0) is 34.9 Å². The summed E-state index contributed by atoms with van der Waals surface area (Å²) in [4.78, 5) is 33.9. The Hall–Kier alpha value is -2.01. The van der Waals surface area contributed by atoms with Crippen molar-refractivity contribution < 1.29 is 45.1 Å². The van der Waals surface area contributed by atoms with Gasteiger partial charge in [0.25, 0.3) is 11.8 Å². The molecule has 0 aromatic heterocycles. The zero-order valence-corrected chi connectivity index (χ0v) is 19.3. The molecule has 0 aromatic carbocycles. The lowest BCUT2D eigenvalue weighted by atomic mass is 9.97. The largest absolute Gasteiger partial charge is 0.444 e. The summed E-state index contributed by atoms with van der Waals surface area (Å²) < 4.78 is 66.2. The number of nitrogens with zero attached hydrogens (tertiary/aromatic N) is 2. The first kappa shape index (κ1) is 27.0. The molecule has 14 nitrogen and oxygen atoms in total. The highest BCUT2D eigenvalue weighted by atomic mass is 32.2. The van der Waals surface area contributed by atoms with Gasteiger partial charge < -0.3 is 15.8 Å². The topological polar surface area (TPSA) is 214 Å². The van der Waals surface area contributed by atoms with E-state index in [0.717, 1.165) is 0 Å². The number of carbonyl (C=O) groups excluding carboxylic acids is 3. The van der Waals surface area contributed by atoms with Gasteiger partial charge in [-0.05, 0) is 33.6 Å². The predicted octanol–water partition coefficient (Wildman–Crippen LogP) is -0.959. The van der Waals surface area contributed by atoms with Gasteiger partial charge in [-0.1, -0.05) is 13.8 Å². The summed E-state index contributed by atoms with van der Waals surface area (Å²) in [5.41, 5.74) is 4.58. The maximum atomic E-state index is 11.6. The van der Waals surface area contributed by atoms with Crippen LogP contribution in [0.25, 0.3) is 0 Å². The second kappa shape index (κ2) is 9.23. The highest BCUT2D eigenvalue weighted by Gasteiger charge is 2.53. The molecule has 180 valence electrons. The van der Waals surface area contributed by atoms with Crippen LogP contribution in [0.4, 0.5) is 4.79 Å². The van der Waals surface area contributed by atoms with E-state index in [0.29, 0.717) is 15.0 Å². The summed E-state index contributed by atoms with van der Waals surface area (Å²) in [5, 5.41) is 2.30. The van der Waals surface area contributed by atoms with E-state index in [2.05, 4.69) is 5.32 Å². The molecule has 2 heterocycles. The maximum absolute atomic E-state index is 11.6.